The fourth-order valence-electron chi connectivity index (χ4n) is 5.19. The number of benzene rings is 2. The largest absolute Gasteiger partial charge is 0.299 e. The molecule has 156 valence electrons. The van der Waals surface area contributed by atoms with Crippen molar-refractivity contribution in [2.24, 2.45) is 5.92 Å². The normalized spacial score (nSPS) is 22.2. The Bertz CT molecular complexity index is 958. The van der Waals surface area contributed by atoms with E-state index in [0.717, 1.165) is 54.7 Å². The predicted molar refractivity (Wildman–Crippen MR) is 121 cm³/mol. The maximum Gasteiger partial charge on any atom is 0.173 e. The number of carbonyl (C=O) groups is 2. The minimum absolute atomic E-state index is 0.0294. The van der Waals surface area contributed by atoms with Crippen LogP contribution in [0.5, 0.6) is 0 Å². The molecule has 0 amide bonds. The van der Waals surface area contributed by atoms with Crippen molar-refractivity contribution >= 4 is 11.6 Å². The standard InChI is InChI=1S/C27H31NO2/c1-18-13-19(2)25(20(3)14-18)26-24(29)16-23(27(26)30)15-21-9-11-28(12-10-21)17-22-7-5-4-6-8-22/h4-8,13-15,21,26H,9-12,16-17H2,1-3H3/b23-15+. The van der Waals surface area contributed by atoms with E-state index in [-0.39, 0.29) is 11.6 Å². The van der Waals surface area contributed by atoms with Crippen molar-refractivity contribution in [3.63, 3.8) is 0 Å². The molecule has 1 saturated carbocycles. The highest BCUT2D eigenvalue weighted by atomic mass is 16.2. The highest BCUT2D eigenvalue weighted by Crippen LogP contribution is 2.37. The molecule has 4 rings (SSSR count). The molecule has 0 spiro atoms. The van der Waals surface area contributed by atoms with E-state index in [9.17, 15) is 9.59 Å². The first kappa shape index (κ1) is 20.7. The molecule has 0 N–H and O–H groups in total. The van der Waals surface area contributed by atoms with Crippen molar-refractivity contribution in [2.75, 3.05) is 13.1 Å². The van der Waals surface area contributed by atoms with Gasteiger partial charge in [-0.2, -0.15) is 0 Å². The van der Waals surface area contributed by atoms with Crippen LogP contribution < -0.4 is 0 Å². The van der Waals surface area contributed by atoms with Gasteiger partial charge in [0.1, 0.15) is 5.92 Å². The topological polar surface area (TPSA) is 37.4 Å². The third-order valence-corrected chi connectivity index (χ3v) is 6.61. The van der Waals surface area contributed by atoms with Crippen LogP contribution in [-0.2, 0) is 16.1 Å². The second-order valence-electron chi connectivity index (χ2n) is 9.04. The lowest BCUT2D eigenvalue weighted by Crippen LogP contribution is -2.32. The Balaban J connectivity index is 1.43. The first-order chi connectivity index (χ1) is 14.4. The molecule has 3 heteroatoms. The van der Waals surface area contributed by atoms with Crippen LogP contribution in [0.4, 0.5) is 0 Å². The van der Waals surface area contributed by atoms with Gasteiger partial charge >= 0.3 is 0 Å². The van der Waals surface area contributed by atoms with Crippen molar-refractivity contribution in [1.29, 1.82) is 0 Å². The molecule has 1 atom stereocenters. The van der Waals surface area contributed by atoms with Gasteiger partial charge in [-0.1, -0.05) is 54.1 Å². The van der Waals surface area contributed by atoms with Gasteiger partial charge in [0.05, 0.1) is 0 Å². The summed E-state index contributed by atoms with van der Waals surface area (Å²) in [5, 5.41) is 0. The van der Waals surface area contributed by atoms with Crippen LogP contribution in [0.15, 0.2) is 54.1 Å². The molecule has 1 aliphatic heterocycles. The van der Waals surface area contributed by atoms with Gasteiger partial charge in [-0.15, -0.1) is 0 Å². The van der Waals surface area contributed by atoms with Gasteiger partial charge in [-0.3, -0.25) is 14.5 Å². The first-order valence-corrected chi connectivity index (χ1v) is 11.0. The molecule has 1 saturated heterocycles. The third kappa shape index (κ3) is 4.32. The lowest BCUT2D eigenvalue weighted by atomic mass is 9.86. The van der Waals surface area contributed by atoms with E-state index in [0.29, 0.717) is 12.3 Å². The zero-order valence-electron chi connectivity index (χ0n) is 18.3. The van der Waals surface area contributed by atoms with Gasteiger partial charge in [0.15, 0.2) is 11.6 Å². The van der Waals surface area contributed by atoms with Crippen molar-refractivity contribution in [2.45, 2.75) is 52.5 Å². The van der Waals surface area contributed by atoms with Gasteiger partial charge in [0.2, 0.25) is 0 Å². The Morgan fingerprint density at radius 2 is 1.60 bits per heavy atom. The van der Waals surface area contributed by atoms with Crippen molar-refractivity contribution < 1.29 is 9.59 Å². The van der Waals surface area contributed by atoms with E-state index >= 15 is 0 Å². The maximum atomic E-state index is 13.2. The molecular formula is C27H31NO2. The summed E-state index contributed by atoms with van der Waals surface area (Å²) in [5.41, 5.74) is 6.29. The quantitative estimate of drug-likeness (QED) is 0.530. The van der Waals surface area contributed by atoms with Gasteiger partial charge in [-0.25, -0.2) is 0 Å². The number of likely N-dealkylation sites (tertiary alicyclic amines) is 1. The highest BCUT2D eigenvalue weighted by Gasteiger charge is 2.40. The van der Waals surface area contributed by atoms with E-state index in [1.165, 1.54) is 11.1 Å². The second-order valence-corrected chi connectivity index (χ2v) is 9.04. The molecule has 2 aromatic rings. The van der Waals surface area contributed by atoms with Crippen LogP contribution in [0.1, 0.15) is 53.0 Å². The average molecular weight is 402 g/mol. The number of allylic oxidation sites excluding steroid dienone is 2. The fraction of sp³-hybridized carbons (Fsp3) is 0.407. The average Bonchev–Trinajstić information content (AvgIpc) is 2.97. The fourth-order valence-corrected chi connectivity index (χ4v) is 5.19. The van der Waals surface area contributed by atoms with Crippen LogP contribution in [0.2, 0.25) is 0 Å². The van der Waals surface area contributed by atoms with E-state index < -0.39 is 5.92 Å². The van der Waals surface area contributed by atoms with E-state index in [4.69, 9.17) is 0 Å². The molecule has 3 nitrogen and oxygen atoms in total. The van der Waals surface area contributed by atoms with Crippen molar-refractivity contribution in [3.8, 4) is 0 Å². The van der Waals surface area contributed by atoms with E-state index in [1.54, 1.807) is 0 Å². The lowest BCUT2D eigenvalue weighted by molar-refractivity contribution is -0.123. The minimum Gasteiger partial charge on any atom is -0.299 e. The molecule has 2 aromatic carbocycles. The second kappa shape index (κ2) is 8.69. The van der Waals surface area contributed by atoms with Crippen LogP contribution in [-0.4, -0.2) is 29.6 Å². The number of aryl methyl sites for hydroxylation is 3. The monoisotopic (exact) mass is 401 g/mol. The first-order valence-electron chi connectivity index (χ1n) is 11.0. The number of piperidine rings is 1. The number of ketones is 2. The summed E-state index contributed by atoms with van der Waals surface area (Å²) in [4.78, 5) is 28.5. The summed E-state index contributed by atoms with van der Waals surface area (Å²) >= 11 is 0. The highest BCUT2D eigenvalue weighted by molar-refractivity contribution is 6.23. The third-order valence-electron chi connectivity index (χ3n) is 6.61. The minimum atomic E-state index is -0.602. The van der Waals surface area contributed by atoms with Crippen molar-refractivity contribution in [3.05, 3.63) is 81.9 Å². The molecule has 2 aliphatic rings. The molecule has 1 aliphatic carbocycles. The number of carbonyl (C=O) groups excluding carboxylic acids is 2. The Labute approximate surface area is 179 Å². The van der Waals surface area contributed by atoms with Crippen LogP contribution in [0.25, 0.3) is 0 Å². The van der Waals surface area contributed by atoms with Gasteiger partial charge in [0, 0.05) is 13.0 Å². The molecule has 30 heavy (non-hydrogen) atoms. The molecular weight excluding hydrogens is 370 g/mol. The van der Waals surface area contributed by atoms with Gasteiger partial charge in [0.25, 0.3) is 0 Å². The number of nitrogens with zero attached hydrogens (tertiary/aromatic N) is 1. The zero-order valence-corrected chi connectivity index (χ0v) is 18.3. The van der Waals surface area contributed by atoms with Gasteiger partial charge in [-0.05, 0) is 80.4 Å². The Morgan fingerprint density at radius 1 is 0.967 bits per heavy atom. The number of hydrogen-bond donors (Lipinski definition) is 0. The molecule has 2 fully saturated rings. The summed E-state index contributed by atoms with van der Waals surface area (Å²) < 4.78 is 0. The van der Waals surface area contributed by atoms with E-state index in [2.05, 4.69) is 60.4 Å². The summed E-state index contributed by atoms with van der Waals surface area (Å²) in [6.07, 6.45) is 4.51. The van der Waals surface area contributed by atoms with Crippen LogP contribution in [0.3, 0.4) is 0 Å². The summed E-state index contributed by atoms with van der Waals surface area (Å²) in [6, 6.07) is 14.7. The Hall–Kier alpha value is -2.52. The number of rotatable bonds is 4. The lowest BCUT2D eigenvalue weighted by Gasteiger charge is -2.30. The molecule has 0 aromatic heterocycles. The summed E-state index contributed by atoms with van der Waals surface area (Å²) in [6.45, 7) is 9.13. The van der Waals surface area contributed by atoms with Crippen LogP contribution in [0, 0.1) is 26.7 Å². The maximum absolute atomic E-state index is 13.2. The molecule has 0 radical (unpaired) electrons. The zero-order chi connectivity index (χ0) is 21.3. The number of Topliss-reactive ketones (excluding diaryl/α,β-unsaturated/α-hetero) is 2. The smallest absolute Gasteiger partial charge is 0.173 e. The molecule has 0 bridgehead atoms. The molecule has 1 unspecified atom stereocenters. The van der Waals surface area contributed by atoms with Gasteiger partial charge < -0.3 is 0 Å². The SMILES string of the molecule is Cc1cc(C)c(C2C(=O)C/C(=C\C3CCN(Cc4ccccc4)CC3)C2=O)c(C)c1. The molecule has 1 heterocycles. The van der Waals surface area contributed by atoms with E-state index in [1.807, 2.05) is 13.8 Å². The Kier molecular flexibility index (Phi) is 6.01. The summed E-state index contributed by atoms with van der Waals surface area (Å²) in [7, 11) is 0. The van der Waals surface area contributed by atoms with Crippen LogP contribution >= 0.6 is 0 Å². The Morgan fingerprint density at radius 3 is 2.23 bits per heavy atom. The number of hydrogen-bond acceptors (Lipinski definition) is 3. The predicted octanol–water partition coefficient (Wildman–Crippen LogP) is 5.08. The van der Waals surface area contributed by atoms with Crippen molar-refractivity contribution in [1.82, 2.24) is 4.90 Å². The summed E-state index contributed by atoms with van der Waals surface area (Å²) in [5.74, 6) is -0.123.